The van der Waals surface area contributed by atoms with E-state index in [9.17, 15) is 4.79 Å². The summed E-state index contributed by atoms with van der Waals surface area (Å²) in [4.78, 5) is 13.0. The molecule has 0 heterocycles. The van der Waals surface area contributed by atoms with E-state index in [0.717, 1.165) is 42.7 Å². The van der Waals surface area contributed by atoms with E-state index in [4.69, 9.17) is 9.47 Å². The molecule has 144 valence electrons. The molecule has 0 aliphatic heterocycles. The van der Waals surface area contributed by atoms with Crippen LogP contribution in [0.5, 0.6) is 5.75 Å². The Hall–Kier alpha value is -2.33. The largest absolute Gasteiger partial charge is 0.489 e. The first kappa shape index (κ1) is 19.4. The Morgan fingerprint density at radius 2 is 1.89 bits per heavy atom. The number of nitrogens with one attached hydrogen (secondary N) is 1. The van der Waals surface area contributed by atoms with Gasteiger partial charge in [-0.15, -0.1) is 0 Å². The van der Waals surface area contributed by atoms with Gasteiger partial charge >= 0.3 is 0 Å². The maximum atomic E-state index is 13.0. The summed E-state index contributed by atoms with van der Waals surface area (Å²) in [7, 11) is 0. The van der Waals surface area contributed by atoms with Crippen molar-refractivity contribution in [2.45, 2.75) is 51.7 Å². The molecule has 2 atom stereocenters. The number of rotatable bonds is 7. The first-order valence-electron chi connectivity index (χ1n) is 9.83. The highest BCUT2D eigenvalue weighted by Gasteiger charge is 2.42. The molecule has 1 amide bonds. The highest BCUT2D eigenvalue weighted by molar-refractivity contribution is 5.97. The molecule has 1 N–H and O–H groups in total. The summed E-state index contributed by atoms with van der Waals surface area (Å²) in [5.41, 5.74) is 1.19. The fourth-order valence-corrected chi connectivity index (χ4v) is 3.80. The molecule has 0 aromatic heterocycles. The number of hydrogen-bond acceptors (Lipinski definition) is 3. The fourth-order valence-electron chi connectivity index (χ4n) is 3.80. The first-order valence-corrected chi connectivity index (χ1v) is 9.83. The molecule has 0 spiro atoms. The third-order valence-corrected chi connectivity index (χ3v) is 5.15. The van der Waals surface area contributed by atoms with Crippen LogP contribution in [0.3, 0.4) is 0 Å². The lowest BCUT2D eigenvalue weighted by atomic mass is 9.78. The standard InChI is InChI=1S/C23H29NO3/c1-3-27-23(15-7-8-18(2)16-23)22(25)24-20-11-13-21(14-12-20)26-17-19-9-5-4-6-10-19/h4-6,9-14,18H,3,7-8,15-17H2,1-2H3,(H,24,25). The second kappa shape index (κ2) is 9.05. The minimum absolute atomic E-state index is 0.0335. The number of hydrogen-bond donors (Lipinski definition) is 1. The van der Waals surface area contributed by atoms with Crippen molar-refractivity contribution in [3.8, 4) is 5.75 Å². The van der Waals surface area contributed by atoms with Gasteiger partial charge in [-0.25, -0.2) is 0 Å². The second-order valence-corrected chi connectivity index (χ2v) is 7.38. The lowest BCUT2D eigenvalue weighted by Gasteiger charge is -2.38. The van der Waals surface area contributed by atoms with E-state index < -0.39 is 5.60 Å². The van der Waals surface area contributed by atoms with Gasteiger partial charge in [0.15, 0.2) is 0 Å². The summed E-state index contributed by atoms with van der Waals surface area (Å²) in [5, 5.41) is 3.04. The van der Waals surface area contributed by atoms with Crippen molar-refractivity contribution < 1.29 is 14.3 Å². The Morgan fingerprint density at radius 3 is 2.56 bits per heavy atom. The molecule has 4 heteroatoms. The van der Waals surface area contributed by atoms with E-state index in [2.05, 4.69) is 12.2 Å². The van der Waals surface area contributed by atoms with Gasteiger partial charge in [0.2, 0.25) is 0 Å². The molecule has 0 radical (unpaired) electrons. The Balaban J connectivity index is 1.60. The van der Waals surface area contributed by atoms with Crippen molar-refractivity contribution in [2.75, 3.05) is 11.9 Å². The predicted octanol–water partition coefficient (Wildman–Crippen LogP) is 5.19. The molecule has 3 rings (SSSR count). The van der Waals surface area contributed by atoms with Crippen LogP contribution >= 0.6 is 0 Å². The highest BCUT2D eigenvalue weighted by atomic mass is 16.5. The quantitative estimate of drug-likeness (QED) is 0.732. The van der Waals surface area contributed by atoms with E-state index in [1.54, 1.807) is 0 Å². The summed E-state index contributed by atoms with van der Waals surface area (Å²) < 4.78 is 11.8. The van der Waals surface area contributed by atoms with Gasteiger partial charge < -0.3 is 14.8 Å². The molecule has 1 aliphatic rings. The van der Waals surface area contributed by atoms with Crippen molar-refractivity contribution in [1.29, 1.82) is 0 Å². The maximum absolute atomic E-state index is 13.0. The van der Waals surface area contributed by atoms with Gasteiger partial charge in [0.1, 0.15) is 18.0 Å². The minimum atomic E-state index is -0.700. The minimum Gasteiger partial charge on any atom is -0.489 e. The zero-order valence-electron chi connectivity index (χ0n) is 16.2. The molecule has 2 aromatic carbocycles. The molecule has 4 nitrogen and oxygen atoms in total. The monoisotopic (exact) mass is 367 g/mol. The van der Waals surface area contributed by atoms with Crippen molar-refractivity contribution in [3.05, 3.63) is 60.2 Å². The maximum Gasteiger partial charge on any atom is 0.256 e. The van der Waals surface area contributed by atoms with Crippen LogP contribution in [0.25, 0.3) is 0 Å². The topological polar surface area (TPSA) is 47.6 Å². The number of amides is 1. The second-order valence-electron chi connectivity index (χ2n) is 7.38. The van der Waals surface area contributed by atoms with Crippen LogP contribution in [0.2, 0.25) is 0 Å². The van der Waals surface area contributed by atoms with Crippen molar-refractivity contribution in [1.82, 2.24) is 0 Å². The molecule has 2 aromatic rings. The van der Waals surface area contributed by atoms with Gasteiger partial charge in [-0.2, -0.15) is 0 Å². The smallest absolute Gasteiger partial charge is 0.256 e. The Kier molecular flexibility index (Phi) is 6.51. The zero-order valence-corrected chi connectivity index (χ0v) is 16.2. The molecule has 2 unspecified atom stereocenters. The summed E-state index contributed by atoms with van der Waals surface area (Å²) in [6.07, 6.45) is 3.76. The van der Waals surface area contributed by atoms with Gasteiger partial charge in [-0.05, 0) is 61.9 Å². The van der Waals surface area contributed by atoms with E-state index in [1.165, 1.54) is 0 Å². The van der Waals surface area contributed by atoms with Crippen LogP contribution in [-0.4, -0.2) is 18.1 Å². The van der Waals surface area contributed by atoms with Crippen molar-refractivity contribution in [2.24, 2.45) is 5.92 Å². The fraction of sp³-hybridized carbons (Fsp3) is 0.435. The van der Waals surface area contributed by atoms with Crippen LogP contribution in [-0.2, 0) is 16.1 Å². The van der Waals surface area contributed by atoms with E-state index in [1.807, 2.05) is 61.5 Å². The molecule has 1 saturated carbocycles. The molecular formula is C23H29NO3. The van der Waals surface area contributed by atoms with Crippen LogP contribution in [0, 0.1) is 5.92 Å². The van der Waals surface area contributed by atoms with Gasteiger partial charge in [0, 0.05) is 12.3 Å². The van der Waals surface area contributed by atoms with Crippen LogP contribution in [0.1, 0.15) is 45.1 Å². The number of benzene rings is 2. The lowest BCUT2D eigenvalue weighted by molar-refractivity contribution is -0.147. The summed E-state index contributed by atoms with van der Waals surface area (Å²) >= 11 is 0. The van der Waals surface area contributed by atoms with Crippen LogP contribution in [0.4, 0.5) is 5.69 Å². The van der Waals surface area contributed by atoms with E-state index in [0.29, 0.717) is 19.1 Å². The molecule has 0 bridgehead atoms. The summed E-state index contributed by atoms with van der Waals surface area (Å²) in [6.45, 7) is 5.22. The Bertz CT molecular complexity index is 725. The molecule has 0 saturated heterocycles. The van der Waals surface area contributed by atoms with Gasteiger partial charge in [-0.3, -0.25) is 4.79 Å². The number of anilines is 1. The van der Waals surface area contributed by atoms with Crippen molar-refractivity contribution in [3.63, 3.8) is 0 Å². The van der Waals surface area contributed by atoms with Gasteiger partial charge in [-0.1, -0.05) is 43.7 Å². The summed E-state index contributed by atoms with van der Waals surface area (Å²) in [6, 6.07) is 17.6. The van der Waals surface area contributed by atoms with Gasteiger partial charge in [0.05, 0.1) is 0 Å². The summed E-state index contributed by atoms with van der Waals surface area (Å²) in [5.74, 6) is 1.25. The number of carbonyl (C=O) groups excluding carboxylic acids is 1. The third-order valence-electron chi connectivity index (χ3n) is 5.15. The average Bonchev–Trinajstić information content (AvgIpc) is 2.68. The highest BCUT2D eigenvalue weighted by Crippen LogP contribution is 2.36. The predicted molar refractivity (Wildman–Crippen MR) is 108 cm³/mol. The molecule has 1 fully saturated rings. The third kappa shape index (κ3) is 5.10. The van der Waals surface area contributed by atoms with Crippen molar-refractivity contribution >= 4 is 11.6 Å². The van der Waals surface area contributed by atoms with Crippen LogP contribution < -0.4 is 10.1 Å². The number of carbonyl (C=O) groups is 1. The zero-order chi connectivity index (χ0) is 19.1. The Morgan fingerprint density at radius 1 is 1.15 bits per heavy atom. The molecule has 27 heavy (non-hydrogen) atoms. The SMILES string of the molecule is CCOC1(C(=O)Nc2ccc(OCc3ccccc3)cc2)CCCC(C)C1. The lowest BCUT2D eigenvalue weighted by Crippen LogP contribution is -2.48. The first-order chi connectivity index (χ1) is 13.1. The molecular weight excluding hydrogens is 338 g/mol. The average molecular weight is 367 g/mol. The Labute approximate surface area is 161 Å². The normalized spacial score (nSPS) is 22.2. The van der Waals surface area contributed by atoms with Crippen LogP contribution in [0.15, 0.2) is 54.6 Å². The number of ether oxygens (including phenoxy) is 2. The van der Waals surface area contributed by atoms with E-state index >= 15 is 0 Å². The van der Waals surface area contributed by atoms with E-state index in [-0.39, 0.29) is 5.91 Å². The molecule has 1 aliphatic carbocycles. The van der Waals surface area contributed by atoms with Gasteiger partial charge in [0.25, 0.3) is 5.91 Å².